The van der Waals surface area contributed by atoms with Crippen molar-refractivity contribution in [2.75, 3.05) is 13.7 Å². The number of benzene rings is 2. The first-order valence-corrected chi connectivity index (χ1v) is 8.02. The van der Waals surface area contributed by atoms with E-state index in [0.29, 0.717) is 12.1 Å². The number of nitrogens with one attached hydrogen (secondary N) is 2. The van der Waals surface area contributed by atoms with Gasteiger partial charge in [-0.3, -0.25) is 0 Å². The summed E-state index contributed by atoms with van der Waals surface area (Å²) in [6, 6.07) is 19.8. The maximum atomic E-state index is 5.44. The standard InChI is InChI=1S/C19H24N2O.2ClH/c1-22-18-12-6-5-10-16(18)14-21-17-11-7-13-20-19(17)15-8-3-2-4-9-15;;/h2-6,8-10,12,17,19-21H,7,11,13-14H2,1H3;2*1H/t17-,19-;;/m1../s1. The van der Waals surface area contributed by atoms with Gasteiger partial charge in [0.25, 0.3) is 0 Å². The maximum Gasteiger partial charge on any atom is 0.123 e. The summed E-state index contributed by atoms with van der Waals surface area (Å²) in [4.78, 5) is 0. The zero-order chi connectivity index (χ0) is 15.2. The van der Waals surface area contributed by atoms with Crippen LogP contribution in [0, 0.1) is 0 Å². The Morgan fingerprint density at radius 3 is 2.50 bits per heavy atom. The second kappa shape index (κ2) is 10.6. The molecule has 0 unspecified atom stereocenters. The molecule has 3 rings (SSSR count). The quantitative estimate of drug-likeness (QED) is 0.832. The third-order valence-corrected chi connectivity index (χ3v) is 4.36. The van der Waals surface area contributed by atoms with E-state index in [0.717, 1.165) is 18.8 Å². The Hall–Kier alpha value is -1.26. The van der Waals surface area contributed by atoms with Gasteiger partial charge in [-0.25, -0.2) is 0 Å². The van der Waals surface area contributed by atoms with Crippen molar-refractivity contribution in [3.05, 3.63) is 65.7 Å². The van der Waals surface area contributed by atoms with Crippen molar-refractivity contribution in [2.24, 2.45) is 0 Å². The van der Waals surface area contributed by atoms with Gasteiger partial charge in [0.2, 0.25) is 0 Å². The van der Waals surface area contributed by atoms with Crippen molar-refractivity contribution < 1.29 is 4.74 Å². The molecule has 1 fully saturated rings. The number of piperidine rings is 1. The summed E-state index contributed by atoms with van der Waals surface area (Å²) < 4.78 is 5.44. The maximum absolute atomic E-state index is 5.44. The monoisotopic (exact) mass is 368 g/mol. The Morgan fingerprint density at radius 2 is 1.75 bits per heavy atom. The van der Waals surface area contributed by atoms with Crippen LogP contribution in [0.1, 0.15) is 30.0 Å². The highest BCUT2D eigenvalue weighted by atomic mass is 35.5. The molecule has 0 saturated carbocycles. The van der Waals surface area contributed by atoms with Crippen LogP contribution in [0.3, 0.4) is 0 Å². The average molecular weight is 369 g/mol. The van der Waals surface area contributed by atoms with Gasteiger partial charge in [0, 0.05) is 24.2 Å². The largest absolute Gasteiger partial charge is 0.496 e. The van der Waals surface area contributed by atoms with Crippen LogP contribution in [0.25, 0.3) is 0 Å². The van der Waals surface area contributed by atoms with Gasteiger partial charge in [-0.1, -0.05) is 48.5 Å². The van der Waals surface area contributed by atoms with E-state index in [1.807, 2.05) is 12.1 Å². The Labute approximate surface area is 157 Å². The number of hydrogen-bond donors (Lipinski definition) is 2. The zero-order valence-electron chi connectivity index (χ0n) is 13.9. The number of halogens is 2. The summed E-state index contributed by atoms with van der Waals surface area (Å²) in [5.74, 6) is 0.954. The average Bonchev–Trinajstić information content (AvgIpc) is 2.61. The molecule has 0 aliphatic carbocycles. The summed E-state index contributed by atoms with van der Waals surface area (Å²) in [7, 11) is 1.73. The normalized spacial score (nSPS) is 19.7. The molecule has 2 atom stereocenters. The SMILES string of the molecule is COc1ccccc1CN[C@@H]1CCCN[C@@H]1c1ccccc1.Cl.Cl. The van der Waals surface area contributed by atoms with Gasteiger partial charge in [-0.05, 0) is 31.0 Å². The van der Waals surface area contributed by atoms with Gasteiger partial charge < -0.3 is 15.4 Å². The molecule has 24 heavy (non-hydrogen) atoms. The lowest BCUT2D eigenvalue weighted by Crippen LogP contribution is -2.45. The minimum Gasteiger partial charge on any atom is -0.496 e. The summed E-state index contributed by atoms with van der Waals surface area (Å²) in [5.41, 5.74) is 2.57. The first-order chi connectivity index (χ1) is 10.9. The first-order valence-electron chi connectivity index (χ1n) is 8.02. The smallest absolute Gasteiger partial charge is 0.123 e. The van der Waals surface area contributed by atoms with Crippen molar-refractivity contribution in [2.45, 2.75) is 31.5 Å². The fourth-order valence-corrected chi connectivity index (χ4v) is 3.21. The molecule has 2 aromatic rings. The highest BCUT2D eigenvalue weighted by molar-refractivity contribution is 5.85. The molecule has 5 heteroatoms. The molecule has 2 N–H and O–H groups in total. The third-order valence-electron chi connectivity index (χ3n) is 4.36. The van der Waals surface area contributed by atoms with E-state index in [2.05, 4.69) is 53.1 Å². The zero-order valence-corrected chi connectivity index (χ0v) is 15.5. The van der Waals surface area contributed by atoms with E-state index in [9.17, 15) is 0 Å². The van der Waals surface area contributed by atoms with Gasteiger partial charge in [-0.2, -0.15) is 0 Å². The number of ether oxygens (including phenoxy) is 1. The Morgan fingerprint density at radius 1 is 1.04 bits per heavy atom. The van der Waals surface area contributed by atoms with Crippen LogP contribution in [-0.2, 0) is 6.54 Å². The van der Waals surface area contributed by atoms with Crippen LogP contribution in [-0.4, -0.2) is 19.7 Å². The fraction of sp³-hybridized carbons (Fsp3) is 0.368. The van der Waals surface area contributed by atoms with Crippen LogP contribution >= 0.6 is 24.8 Å². The van der Waals surface area contributed by atoms with E-state index >= 15 is 0 Å². The van der Waals surface area contributed by atoms with E-state index in [1.165, 1.54) is 24.0 Å². The summed E-state index contributed by atoms with van der Waals surface area (Å²) in [5, 5.41) is 7.38. The molecule has 1 aliphatic heterocycles. The van der Waals surface area contributed by atoms with Gasteiger partial charge in [0.05, 0.1) is 7.11 Å². The number of methoxy groups -OCH3 is 1. The van der Waals surface area contributed by atoms with E-state index in [4.69, 9.17) is 4.74 Å². The highest BCUT2D eigenvalue weighted by Crippen LogP contribution is 2.25. The molecular formula is C19H26Cl2N2O. The van der Waals surface area contributed by atoms with Crippen molar-refractivity contribution in [1.82, 2.24) is 10.6 Å². The van der Waals surface area contributed by atoms with Crippen molar-refractivity contribution in [3.8, 4) is 5.75 Å². The molecule has 1 heterocycles. The molecule has 0 aromatic heterocycles. The van der Waals surface area contributed by atoms with Crippen LogP contribution in [0.5, 0.6) is 5.75 Å². The van der Waals surface area contributed by atoms with Gasteiger partial charge in [-0.15, -0.1) is 24.8 Å². The summed E-state index contributed by atoms with van der Waals surface area (Å²) in [6.45, 7) is 1.92. The Balaban J connectivity index is 0.00000144. The molecule has 0 bridgehead atoms. The molecule has 0 amide bonds. The van der Waals surface area contributed by atoms with Gasteiger partial charge >= 0.3 is 0 Å². The Kier molecular flexibility index (Phi) is 9.16. The predicted octanol–water partition coefficient (Wildman–Crippen LogP) is 4.12. The Bertz CT molecular complexity index is 595. The van der Waals surface area contributed by atoms with E-state index < -0.39 is 0 Å². The molecule has 1 aliphatic rings. The lowest BCUT2D eigenvalue weighted by Gasteiger charge is -2.34. The lowest BCUT2D eigenvalue weighted by molar-refractivity contribution is 0.303. The fourth-order valence-electron chi connectivity index (χ4n) is 3.21. The highest BCUT2D eigenvalue weighted by Gasteiger charge is 2.25. The molecule has 132 valence electrons. The summed E-state index contributed by atoms with van der Waals surface area (Å²) in [6.07, 6.45) is 2.41. The molecule has 1 saturated heterocycles. The third kappa shape index (κ3) is 5.12. The van der Waals surface area contributed by atoms with Crippen molar-refractivity contribution >= 4 is 24.8 Å². The molecular weight excluding hydrogens is 343 g/mol. The van der Waals surface area contributed by atoms with E-state index in [1.54, 1.807) is 7.11 Å². The number of rotatable bonds is 5. The van der Waals surface area contributed by atoms with Crippen LogP contribution < -0.4 is 15.4 Å². The molecule has 0 radical (unpaired) electrons. The van der Waals surface area contributed by atoms with Crippen LogP contribution in [0.4, 0.5) is 0 Å². The lowest BCUT2D eigenvalue weighted by atomic mass is 9.92. The number of hydrogen-bond acceptors (Lipinski definition) is 3. The summed E-state index contributed by atoms with van der Waals surface area (Å²) >= 11 is 0. The minimum atomic E-state index is 0. The number of para-hydroxylation sites is 1. The van der Waals surface area contributed by atoms with Crippen LogP contribution in [0.15, 0.2) is 54.6 Å². The van der Waals surface area contributed by atoms with Gasteiger partial charge in [0.1, 0.15) is 5.75 Å². The van der Waals surface area contributed by atoms with Gasteiger partial charge in [0.15, 0.2) is 0 Å². The second-order valence-electron chi connectivity index (χ2n) is 5.78. The minimum absolute atomic E-state index is 0. The second-order valence-corrected chi connectivity index (χ2v) is 5.78. The molecule has 3 nitrogen and oxygen atoms in total. The molecule has 0 spiro atoms. The van der Waals surface area contributed by atoms with Crippen molar-refractivity contribution in [1.29, 1.82) is 0 Å². The van der Waals surface area contributed by atoms with E-state index in [-0.39, 0.29) is 24.8 Å². The first kappa shape index (κ1) is 20.8. The van der Waals surface area contributed by atoms with Crippen LogP contribution in [0.2, 0.25) is 0 Å². The van der Waals surface area contributed by atoms with Crippen molar-refractivity contribution in [3.63, 3.8) is 0 Å². The predicted molar refractivity (Wildman–Crippen MR) is 105 cm³/mol. The molecule has 2 aromatic carbocycles. The topological polar surface area (TPSA) is 33.3 Å².